The predicted octanol–water partition coefficient (Wildman–Crippen LogP) is 3.21. The molecule has 1 unspecified atom stereocenters. The second kappa shape index (κ2) is 9.35. The highest BCUT2D eigenvalue weighted by atomic mass is 16.5. The van der Waals surface area contributed by atoms with Gasteiger partial charge in [0.05, 0.1) is 19.4 Å². The quantitative estimate of drug-likeness (QED) is 0.734. The molecule has 0 aliphatic carbocycles. The van der Waals surface area contributed by atoms with Crippen molar-refractivity contribution in [2.24, 2.45) is 0 Å². The van der Waals surface area contributed by atoms with Crippen molar-refractivity contribution in [3.8, 4) is 17.2 Å². The maximum absolute atomic E-state index is 12.8. The molecule has 0 aromatic heterocycles. The fourth-order valence-corrected chi connectivity index (χ4v) is 3.33. The van der Waals surface area contributed by atoms with Gasteiger partial charge >= 0.3 is 0 Å². The summed E-state index contributed by atoms with van der Waals surface area (Å²) in [7, 11) is 1.62. The number of nitrogens with zero attached hydrogens (tertiary/aromatic N) is 2. The van der Waals surface area contributed by atoms with Crippen molar-refractivity contribution in [2.75, 3.05) is 44.8 Å². The molecule has 6 nitrogen and oxygen atoms in total. The van der Waals surface area contributed by atoms with Crippen LogP contribution in [0.1, 0.15) is 13.8 Å². The number of benzene rings is 2. The van der Waals surface area contributed by atoms with Crippen molar-refractivity contribution < 1.29 is 19.0 Å². The summed E-state index contributed by atoms with van der Waals surface area (Å²) < 4.78 is 16.7. The molecule has 0 saturated carbocycles. The molecule has 2 aromatic rings. The van der Waals surface area contributed by atoms with Gasteiger partial charge in [-0.3, -0.25) is 4.79 Å². The number of rotatable bonds is 7. The molecule has 1 atom stereocenters. The van der Waals surface area contributed by atoms with Crippen LogP contribution in [0.2, 0.25) is 0 Å². The molecule has 28 heavy (non-hydrogen) atoms. The van der Waals surface area contributed by atoms with Gasteiger partial charge in [-0.2, -0.15) is 0 Å². The topological polar surface area (TPSA) is 51.2 Å². The second-order valence-electron chi connectivity index (χ2n) is 6.65. The molecule has 0 N–H and O–H groups in total. The van der Waals surface area contributed by atoms with Gasteiger partial charge in [0.25, 0.3) is 5.91 Å². The number of methoxy groups -OCH3 is 1. The Labute approximate surface area is 166 Å². The summed E-state index contributed by atoms with van der Waals surface area (Å²) in [6.07, 6.45) is -0.532. The lowest BCUT2D eigenvalue weighted by Gasteiger charge is -2.37. The van der Waals surface area contributed by atoms with E-state index >= 15 is 0 Å². The van der Waals surface area contributed by atoms with Gasteiger partial charge in [0.2, 0.25) is 0 Å². The Balaban J connectivity index is 1.55. The van der Waals surface area contributed by atoms with Crippen LogP contribution in [0.15, 0.2) is 48.5 Å². The molecule has 6 heteroatoms. The Bertz CT molecular complexity index is 770. The minimum atomic E-state index is -0.532. The van der Waals surface area contributed by atoms with Gasteiger partial charge in [0.15, 0.2) is 6.10 Å². The second-order valence-corrected chi connectivity index (χ2v) is 6.65. The van der Waals surface area contributed by atoms with Crippen molar-refractivity contribution in [1.29, 1.82) is 0 Å². The summed E-state index contributed by atoms with van der Waals surface area (Å²) in [4.78, 5) is 16.9. The summed E-state index contributed by atoms with van der Waals surface area (Å²) >= 11 is 0. The molecule has 1 amide bonds. The average Bonchev–Trinajstić information content (AvgIpc) is 2.74. The van der Waals surface area contributed by atoms with Crippen LogP contribution in [0.3, 0.4) is 0 Å². The molecular weight excluding hydrogens is 356 g/mol. The zero-order chi connectivity index (χ0) is 19.9. The Morgan fingerprint density at radius 2 is 1.64 bits per heavy atom. The highest BCUT2D eigenvalue weighted by Crippen LogP contribution is 2.29. The summed E-state index contributed by atoms with van der Waals surface area (Å²) in [6.45, 7) is 7.28. The van der Waals surface area contributed by atoms with E-state index < -0.39 is 6.10 Å². The van der Waals surface area contributed by atoms with E-state index in [0.29, 0.717) is 25.4 Å². The molecule has 1 aliphatic rings. The third-order valence-electron chi connectivity index (χ3n) is 4.82. The maximum atomic E-state index is 12.8. The van der Waals surface area contributed by atoms with Crippen molar-refractivity contribution in [3.63, 3.8) is 0 Å². The van der Waals surface area contributed by atoms with Gasteiger partial charge in [-0.05, 0) is 50.2 Å². The molecule has 1 fully saturated rings. The maximum Gasteiger partial charge on any atom is 0.263 e. The first-order valence-electron chi connectivity index (χ1n) is 9.68. The monoisotopic (exact) mass is 384 g/mol. The van der Waals surface area contributed by atoms with Crippen molar-refractivity contribution in [3.05, 3.63) is 48.5 Å². The van der Waals surface area contributed by atoms with E-state index in [1.54, 1.807) is 14.0 Å². The molecule has 1 saturated heterocycles. The van der Waals surface area contributed by atoms with E-state index in [1.807, 2.05) is 54.3 Å². The minimum absolute atomic E-state index is 0.00793. The van der Waals surface area contributed by atoms with Crippen LogP contribution >= 0.6 is 0 Å². The first-order chi connectivity index (χ1) is 13.6. The number of anilines is 1. The summed E-state index contributed by atoms with van der Waals surface area (Å²) in [5.74, 6) is 2.32. The predicted molar refractivity (Wildman–Crippen MR) is 109 cm³/mol. The van der Waals surface area contributed by atoms with E-state index in [9.17, 15) is 4.79 Å². The standard InChI is InChI=1S/C22H28N2O4/c1-4-27-21-8-6-5-7-20(21)23-13-15-24(16-14-23)22(25)17(2)28-19-11-9-18(26-3)10-12-19/h5-12,17H,4,13-16H2,1-3H3. The van der Waals surface area contributed by atoms with Crippen molar-refractivity contribution in [1.82, 2.24) is 4.90 Å². The Hall–Kier alpha value is -2.89. The van der Waals surface area contributed by atoms with Crippen LogP contribution in [-0.4, -0.2) is 56.8 Å². The molecule has 150 valence electrons. The van der Waals surface area contributed by atoms with Gasteiger partial charge in [0, 0.05) is 26.2 Å². The minimum Gasteiger partial charge on any atom is -0.497 e. The fraction of sp³-hybridized carbons (Fsp3) is 0.409. The molecule has 1 heterocycles. The Kier molecular flexibility index (Phi) is 6.63. The third kappa shape index (κ3) is 4.68. The number of piperazine rings is 1. The van der Waals surface area contributed by atoms with E-state index in [2.05, 4.69) is 11.0 Å². The van der Waals surface area contributed by atoms with Crippen LogP contribution < -0.4 is 19.1 Å². The molecule has 0 radical (unpaired) electrons. The van der Waals surface area contributed by atoms with E-state index in [0.717, 1.165) is 30.3 Å². The molecule has 0 spiro atoms. The number of para-hydroxylation sites is 2. The number of hydrogen-bond acceptors (Lipinski definition) is 5. The smallest absolute Gasteiger partial charge is 0.263 e. The Morgan fingerprint density at radius 3 is 2.29 bits per heavy atom. The highest BCUT2D eigenvalue weighted by Gasteiger charge is 2.27. The molecule has 2 aromatic carbocycles. The average molecular weight is 384 g/mol. The number of carbonyl (C=O) groups is 1. The van der Waals surface area contributed by atoms with Crippen LogP contribution in [0.4, 0.5) is 5.69 Å². The number of ether oxygens (including phenoxy) is 3. The van der Waals surface area contributed by atoms with Crippen LogP contribution in [-0.2, 0) is 4.79 Å². The summed E-state index contributed by atoms with van der Waals surface area (Å²) in [5.41, 5.74) is 1.08. The lowest BCUT2D eigenvalue weighted by molar-refractivity contribution is -0.138. The van der Waals surface area contributed by atoms with E-state index in [1.165, 1.54) is 0 Å². The zero-order valence-corrected chi connectivity index (χ0v) is 16.8. The molecule has 1 aliphatic heterocycles. The van der Waals surface area contributed by atoms with Gasteiger partial charge in [-0.25, -0.2) is 0 Å². The van der Waals surface area contributed by atoms with E-state index in [4.69, 9.17) is 14.2 Å². The number of hydrogen-bond donors (Lipinski definition) is 0. The fourth-order valence-electron chi connectivity index (χ4n) is 3.33. The third-order valence-corrected chi connectivity index (χ3v) is 4.82. The van der Waals surface area contributed by atoms with Crippen molar-refractivity contribution >= 4 is 11.6 Å². The van der Waals surface area contributed by atoms with Crippen molar-refractivity contribution in [2.45, 2.75) is 20.0 Å². The van der Waals surface area contributed by atoms with Gasteiger partial charge in [-0.1, -0.05) is 12.1 Å². The van der Waals surface area contributed by atoms with Crippen LogP contribution in [0.5, 0.6) is 17.2 Å². The highest BCUT2D eigenvalue weighted by molar-refractivity contribution is 5.81. The molecular formula is C22H28N2O4. The largest absolute Gasteiger partial charge is 0.497 e. The van der Waals surface area contributed by atoms with Gasteiger partial charge < -0.3 is 24.0 Å². The number of amides is 1. The van der Waals surface area contributed by atoms with Gasteiger partial charge in [0.1, 0.15) is 17.2 Å². The zero-order valence-electron chi connectivity index (χ0n) is 16.8. The van der Waals surface area contributed by atoms with Crippen LogP contribution in [0.25, 0.3) is 0 Å². The lowest BCUT2D eigenvalue weighted by atomic mass is 10.2. The SMILES string of the molecule is CCOc1ccccc1N1CCN(C(=O)C(C)Oc2ccc(OC)cc2)CC1. The summed E-state index contributed by atoms with van der Waals surface area (Å²) in [5, 5.41) is 0. The van der Waals surface area contributed by atoms with E-state index in [-0.39, 0.29) is 5.91 Å². The number of carbonyl (C=O) groups excluding carboxylic acids is 1. The first kappa shape index (κ1) is 19.9. The molecule has 0 bridgehead atoms. The molecule has 3 rings (SSSR count). The summed E-state index contributed by atoms with van der Waals surface area (Å²) in [6, 6.07) is 15.3. The van der Waals surface area contributed by atoms with Crippen LogP contribution in [0, 0.1) is 0 Å². The van der Waals surface area contributed by atoms with Gasteiger partial charge in [-0.15, -0.1) is 0 Å². The lowest BCUT2D eigenvalue weighted by Crippen LogP contribution is -2.52. The normalized spacial score (nSPS) is 15.1. The Morgan fingerprint density at radius 1 is 1.00 bits per heavy atom. The first-order valence-corrected chi connectivity index (χ1v) is 9.68.